The first kappa shape index (κ1) is 16.5. The van der Waals surface area contributed by atoms with Crippen LogP contribution in [-0.2, 0) is 0 Å². The third-order valence-electron chi connectivity index (χ3n) is 4.35. The lowest BCUT2D eigenvalue weighted by atomic mass is 10.2. The summed E-state index contributed by atoms with van der Waals surface area (Å²) in [4.78, 5) is 33.4. The Bertz CT molecular complexity index is 899. The van der Waals surface area contributed by atoms with Crippen LogP contribution in [0.15, 0.2) is 48.1 Å². The zero-order valence-electron chi connectivity index (χ0n) is 14.0. The van der Waals surface area contributed by atoms with Crippen LogP contribution in [0.1, 0.15) is 20.2 Å². The van der Waals surface area contributed by atoms with Gasteiger partial charge in [-0.15, -0.1) is 11.3 Å². The molecule has 26 heavy (non-hydrogen) atoms. The molecule has 0 aliphatic carbocycles. The SMILES string of the molecule is O=C(c1cc(-c2cccnc2)n[nH]1)N1CCN(C(=O)c2cccs2)CC1. The Labute approximate surface area is 154 Å². The molecule has 0 saturated carbocycles. The Morgan fingerprint density at radius 1 is 1.04 bits per heavy atom. The second-order valence-electron chi connectivity index (χ2n) is 5.97. The molecule has 2 amide bonds. The van der Waals surface area contributed by atoms with Crippen LogP contribution in [0.3, 0.4) is 0 Å². The van der Waals surface area contributed by atoms with E-state index in [1.54, 1.807) is 28.3 Å². The maximum Gasteiger partial charge on any atom is 0.272 e. The van der Waals surface area contributed by atoms with E-state index in [4.69, 9.17) is 0 Å². The summed E-state index contributed by atoms with van der Waals surface area (Å²) in [6, 6.07) is 9.16. The number of aromatic amines is 1. The smallest absolute Gasteiger partial charge is 0.272 e. The number of hydrogen-bond donors (Lipinski definition) is 1. The zero-order chi connectivity index (χ0) is 17.9. The second-order valence-corrected chi connectivity index (χ2v) is 6.92. The van der Waals surface area contributed by atoms with Crippen LogP contribution in [0, 0.1) is 0 Å². The highest BCUT2D eigenvalue weighted by atomic mass is 32.1. The standard InChI is InChI=1S/C18H17N5O2S/c24-17(15-11-14(20-21-15)13-3-1-5-19-12-13)22-6-8-23(9-7-22)18(25)16-4-2-10-26-16/h1-5,10-12H,6-9H2,(H,20,21). The highest BCUT2D eigenvalue weighted by Crippen LogP contribution is 2.18. The monoisotopic (exact) mass is 367 g/mol. The molecule has 1 saturated heterocycles. The van der Waals surface area contributed by atoms with Crippen molar-refractivity contribution in [2.75, 3.05) is 26.2 Å². The average molecular weight is 367 g/mol. The number of aromatic nitrogens is 3. The fourth-order valence-corrected chi connectivity index (χ4v) is 3.62. The van der Waals surface area contributed by atoms with Gasteiger partial charge in [0.2, 0.25) is 0 Å². The van der Waals surface area contributed by atoms with Crippen LogP contribution in [0.2, 0.25) is 0 Å². The summed E-state index contributed by atoms with van der Waals surface area (Å²) in [6.07, 6.45) is 3.40. The molecule has 7 nitrogen and oxygen atoms in total. The van der Waals surface area contributed by atoms with Gasteiger partial charge < -0.3 is 9.80 Å². The summed E-state index contributed by atoms with van der Waals surface area (Å²) in [6.45, 7) is 2.09. The van der Waals surface area contributed by atoms with Crippen molar-refractivity contribution in [1.82, 2.24) is 25.0 Å². The highest BCUT2D eigenvalue weighted by molar-refractivity contribution is 7.12. The van der Waals surface area contributed by atoms with Crippen LogP contribution >= 0.6 is 11.3 Å². The van der Waals surface area contributed by atoms with E-state index in [1.165, 1.54) is 11.3 Å². The molecule has 1 N–H and O–H groups in total. The van der Waals surface area contributed by atoms with Gasteiger partial charge in [-0.3, -0.25) is 19.7 Å². The van der Waals surface area contributed by atoms with E-state index in [0.29, 0.717) is 37.6 Å². The maximum absolute atomic E-state index is 12.7. The van der Waals surface area contributed by atoms with Crippen LogP contribution in [0.4, 0.5) is 0 Å². The first-order chi connectivity index (χ1) is 12.7. The number of amides is 2. The Kier molecular flexibility index (Phi) is 4.49. The summed E-state index contributed by atoms with van der Waals surface area (Å²) in [5.41, 5.74) is 1.99. The number of carbonyl (C=O) groups is 2. The lowest BCUT2D eigenvalue weighted by molar-refractivity contribution is 0.0535. The van der Waals surface area contributed by atoms with E-state index in [2.05, 4.69) is 15.2 Å². The van der Waals surface area contributed by atoms with Crippen molar-refractivity contribution >= 4 is 23.2 Å². The van der Waals surface area contributed by atoms with Gasteiger partial charge in [-0.1, -0.05) is 6.07 Å². The van der Waals surface area contributed by atoms with Crippen molar-refractivity contribution in [2.45, 2.75) is 0 Å². The normalized spacial score (nSPS) is 14.5. The second kappa shape index (κ2) is 7.09. The molecule has 0 unspecified atom stereocenters. The van der Waals surface area contributed by atoms with Crippen LogP contribution in [-0.4, -0.2) is 63.0 Å². The largest absolute Gasteiger partial charge is 0.334 e. The summed E-state index contributed by atoms with van der Waals surface area (Å²) in [7, 11) is 0. The molecule has 1 aliphatic rings. The van der Waals surface area contributed by atoms with Crippen molar-refractivity contribution in [2.24, 2.45) is 0 Å². The minimum atomic E-state index is -0.101. The number of carbonyl (C=O) groups excluding carboxylic acids is 2. The lowest BCUT2D eigenvalue weighted by Gasteiger charge is -2.34. The fourth-order valence-electron chi connectivity index (χ4n) is 2.93. The van der Waals surface area contributed by atoms with Crippen molar-refractivity contribution in [3.63, 3.8) is 0 Å². The van der Waals surface area contributed by atoms with E-state index in [-0.39, 0.29) is 11.8 Å². The van der Waals surface area contributed by atoms with Crippen LogP contribution < -0.4 is 0 Å². The number of nitrogens with one attached hydrogen (secondary N) is 1. The van der Waals surface area contributed by atoms with Crippen molar-refractivity contribution in [1.29, 1.82) is 0 Å². The number of rotatable bonds is 3. The van der Waals surface area contributed by atoms with Gasteiger partial charge in [-0.25, -0.2) is 0 Å². The molecule has 0 spiro atoms. The van der Waals surface area contributed by atoms with Gasteiger partial charge >= 0.3 is 0 Å². The third kappa shape index (κ3) is 3.23. The van der Waals surface area contributed by atoms with Gasteiger partial charge in [0.25, 0.3) is 11.8 Å². The molecule has 0 aromatic carbocycles. The molecular weight excluding hydrogens is 350 g/mol. The molecule has 0 atom stereocenters. The van der Waals surface area contributed by atoms with Crippen molar-refractivity contribution in [3.8, 4) is 11.3 Å². The first-order valence-corrected chi connectivity index (χ1v) is 9.18. The summed E-state index contributed by atoms with van der Waals surface area (Å²) < 4.78 is 0. The number of nitrogens with zero attached hydrogens (tertiary/aromatic N) is 4. The molecular formula is C18H17N5O2S. The predicted molar refractivity (Wildman–Crippen MR) is 97.9 cm³/mol. The van der Waals surface area contributed by atoms with Crippen LogP contribution in [0.25, 0.3) is 11.3 Å². The number of hydrogen-bond acceptors (Lipinski definition) is 5. The number of thiophene rings is 1. The van der Waals surface area contributed by atoms with E-state index < -0.39 is 0 Å². The number of piperazine rings is 1. The molecule has 4 rings (SSSR count). The summed E-state index contributed by atoms with van der Waals surface area (Å²) in [5, 5.41) is 8.91. The maximum atomic E-state index is 12.7. The zero-order valence-corrected chi connectivity index (χ0v) is 14.8. The first-order valence-electron chi connectivity index (χ1n) is 8.30. The van der Waals surface area contributed by atoms with Crippen molar-refractivity contribution < 1.29 is 9.59 Å². The highest BCUT2D eigenvalue weighted by Gasteiger charge is 2.26. The molecule has 1 aliphatic heterocycles. The molecule has 3 aromatic rings. The Morgan fingerprint density at radius 3 is 2.46 bits per heavy atom. The minimum Gasteiger partial charge on any atom is -0.334 e. The number of pyridine rings is 1. The van der Waals surface area contributed by atoms with Gasteiger partial charge in [-0.05, 0) is 29.6 Å². The molecule has 3 aromatic heterocycles. The Hall–Kier alpha value is -3.00. The number of H-pyrrole nitrogens is 1. The predicted octanol–water partition coefficient (Wildman–Crippen LogP) is 2.13. The van der Waals surface area contributed by atoms with Gasteiger partial charge in [-0.2, -0.15) is 5.10 Å². The quantitative estimate of drug-likeness (QED) is 0.769. The van der Waals surface area contributed by atoms with E-state index in [9.17, 15) is 9.59 Å². The van der Waals surface area contributed by atoms with Crippen LogP contribution in [0.5, 0.6) is 0 Å². The third-order valence-corrected chi connectivity index (χ3v) is 5.21. The molecule has 0 radical (unpaired) electrons. The van der Waals surface area contributed by atoms with Gasteiger partial charge in [0.05, 0.1) is 10.6 Å². The minimum absolute atomic E-state index is 0.0347. The van der Waals surface area contributed by atoms with Gasteiger partial charge in [0, 0.05) is 44.1 Å². The lowest BCUT2D eigenvalue weighted by Crippen LogP contribution is -2.50. The average Bonchev–Trinajstić information content (AvgIpc) is 3.40. The molecule has 8 heteroatoms. The van der Waals surface area contributed by atoms with E-state index in [1.807, 2.05) is 29.6 Å². The van der Waals surface area contributed by atoms with E-state index >= 15 is 0 Å². The molecule has 0 bridgehead atoms. The summed E-state index contributed by atoms with van der Waals surface area (Å²) >= 11 is 1.44. The topological polar surface area (TPSA) is 82.2 Å². The Balaban J connectivity index is 1.40. The molecule has 4 heterocycles. The Morgan fingerprint density at radius 2 is 1.81 bits per heavy atom. The molecule has 132 valence electrons. The fraction of sp³-hybridized carbons (Fsp3) is 0.222. The van der Waals surface area contributed by atoms with E-state index in [0.717, 1.165) is 10.4 Å². The van der Waals surface area contributed by atoms with Gasteiger partial charge in [0.1, 0.15) is 5.69 Å². The van der Waals surface area contributed by atoms with Crippen molar-refractivity contribution in [3.05, 3.63) is 58.7 Å². The summed E-state index contributed by atoms with van der Waals surface area (Å²) in [5.74, 6) is -0.0663. The van der Waals surface area contributed by atoms with Gasteiger partial charge in [0.15, 0.2) is 0 Å². The molecule has 1 fully saturated rings.